The van der Waals surface area contributed by atoms with Crippen LogP contribution in [0.25, 0.3) is 5.69 Å². The van der Waals surface area contributed by atoms with Gasteiger partial charge < -0.3 is 0 Å². The molecule has 2 aromatic carbocycles. The van der Waals surface area contributed by atoms with Gasteiger partial charge >= 0.3 is 0 Å². The van der Waals surface area contributed by atoms with Crippen LogP contribution >= 0.6 is 23.4 Å². The predicted octanol–water partition coefficient (Wildman–Crippen LogP) is 5.34. The standard InChI is InChI=1S/C20H20ClN3OS/c1-12-8-13(2)19(15(4)25)14(3)18(12)10-26-20-23-22-11-24(20)17-7-5-6-16(21)9-17/h5-9,11H,10H2,1-4H3. The van der Waals surface area contributed by atoms with E-state index in [2.05, 4.69) is 23.2 Å². The number of ketones is 1. The lowest BCUT2D eigenvalue weighted by atomic mass is 9.92. The summed E-state index contributed by atoms with van der Waals surface area (Å²) in [5.74, 6) is 0.825. The highest BCUT2D eigenvalue weighted by Gasteiger charge is 2.16. The third-order valence-corrected chi connectivity index (χ3v) is 5.64. The molecule has 0 atom stereocenters. The van der Waals surface area contributed by atoms with E-state index in [-0.39, 0.29) is 5.78 Å². The van der Waals surface area contributed by atoms with Crippen molar-refractivity contribution in [3.05, 3.63) is 69.5 Å². The second-order valence-corrected chi connectivity index (χ2v) is 7.68. The Balaban J connectivity index is 1.91. The molecule has 0 aliphatic rings. The molecule has 6 heteroatoms. The Bertz CT molecular complexity index is 981. The predicted molar refractivity (Wildman–Crippen MR) is 107 cm³/mol. The Morgan fingerprint density at radius 3 is 2.65 bits per heavy atom. The summed E-state index contributed by atoms with van der Waals surface area (Å²) in [6, 6.07) is 9.67. The minimum Gasteiger partial charge on any atom is -0.294 e. The molecular weight excluding hydrogens is 366 g/mol. The number of aromatic nitrogens is 3. The summed E-state index contributed by atoms with van der Waals surface area (Å²) in [5.41, 5.74) is 6.19. The lowest BCUT2D eigenvalue weighted by Crippen LogP contribution is -2.05. The van der Waals surface area contributed by atoms with Crippen molar-refractivity contribution in [1.29, 1.82) is 0 Å². The summed E-state index contributed by atoms with van der Waals surface area (Å²) < 4.78 is 1.92. The molecule has 134 valence electrons. The van der Waals surface area contributed by atoms with Gasteiger partial charge in [-0.1, -0.05) is 35.5 Å². The summed E-state index contributed by atoms with van der Waals surface area (Å²) in [4.78, 5) is 12.0. The molecule has 0 radical (unpaired) electrons. The average molecular weight is 386 g/mol. The van der Waals surface area contributed by atoms with Gasteiger partial charge in [-0.2, -0.15) is 0 Å². The van der Waals surface area contributed by atoms with Crippen LogP contribution in [0, 0.1) is 20.8 Å². The molecule has 0 N–H and O–H groups in total. The van der Waals surface area contributed by atoms with E-state index in [0.29, 0.717) is 5.02 Å². The Hall–Kier alpha value is -2.11. The van der Waals surface area contributed by atoms with Crippen LogP contribution in [0.4, 0.5) is 0 Å². The van der Waals surface area contributed by atoms with Crippen molar-refractivity contribution < 1.29 is 4.79 Å². The molecule has 0 saturated heterocycles. The molecule has 1 aromatic heterocycles. The summed E-state index contributed by atoms with van der Waals surface area (Å²) in [6.45, 7) is 7.72. The number of hydrogen-bond donors (Lipinski definition) is 0. The fourth-order valence-corrected chi connectivity index (χ4v) is 4.55. The van der Waals surface area contributed by atoms with Gasteiger partial charge in [0.05, 0.1) is 5.69 Å². The van der Waals surface area contributed by atoms with E-state index in [0.717, 1.165) is 33.3 Å². The molecule has 0 saturated carbocycles. The molecule has 0 unspecified atom stereocenters. The molecule has 4 nitrogen and oxygen atoms in total. The highest BCUT2D eigenvalue weighted by atomic mass is 35.5. The van der Waals surface area contributed by atoms with Crippen LogP contribution in [0.2, 0.25) is 5.02 Å². The zero-order valence-electron chi connectivity index (χ0n) is 15.2. The van der Waals surface area contributed by atoms with Crippen molar-refractivity contribution in [2.75, 3.05) is 0 Å². The first kappa shape index (κ1) is 18.7. The summed E-state index contributed by atoms with van der Waals surface area (Å²) in [5, 5.41) is 9.74. The number of halogens is 1. The van der Waals surface area contributed by atoms with Crippen LogP contribution in [0.1, 0.15) is 39.5 Å². The zero-order valence-corrected chi connectivity index (χ0v) is 16.8. The number of nitrogens with zero attached hydrogens (tertiary/aromatic N) is 3. The zero-order chi connectivity index (χ0) is 18.8. The van der Waals surface area contributed by atoms with Crippen molar-refractivity contribution >= 4 is 29.1 Å². The van der Waals surface area contributed by atoms with Crippen LogP contribution in [-0.4, -0.2) is 20.5 Å². The molecule has 3 aromatic rings. The molecule has 0 bridgehead atoms. The minimum absolute atomic E-state index is 0.105. The van der Waals surface area contributed by atoms with Crippen molar-refractivity contribution in [3.8, 4) is 5.69 Å². The summed E-state index contributed by atoms with van der Waals surface area (Å²) >= 11 is 7.69. The van der Waals surface area contributed by atoms with Crippen molar-refractivity contribution in [2.24, 2.45) is 0 Å². The number of benzene rings is 2. The van der Waals surface area contributed by atoms with Gasteiger partial charge in [-0.3, -0.25) is 9.36 Å². The summed E-state index contributed by atoms with van der Waals surface area (Å²) in [7, 11) is 0. The summed E-state index contributed by atoms with van der Waals surface area (Å²) in [6.07, 6.45) is 1.68. The maximum atomic E-state index is 12.0. The van der Waals surface area contributed by atoms with Gasteiger partial charge in [0.1, 0.15) is 6.33 Å². The largest absolute Gasteiger partial charge is 0.294 e. The highest BCUT2D eigenvalue weighted by molar-refractivity contribution is 7.98. The SMILES string of the molecule is CC(=O)c1c(C)cc(C)c(CSc2nncn2-c2cccc(Cl)c2)c1C. The van der Waals surface area contributed by atoms with Gasteiger partial charge in [-0.05, 0) is 68.1 Å². The Morgan fingerprint density at radius 1 is 1.19 bits per heavy atom. The molecular formula is C20H20ClN3OS. The van der Waals surface area contributed by atoms with Crippen molar-refractivity contribution in [2.45, 2.75) is 38.6 Å². The second kappa shape index (κ2) is 7.64. The third kappa shape index (κ3) is 3.69. The monoisotopic (exact) mass is 385 g/mol. The number of carbonyl (C=O) groups is 1. The van der Waals surface area contributed by atoms with Gasteiger partial charge in [0.15, 0.2) is 10.9 Å². The molecule has 26 heavy (non-hydrogen) atoms. The van der Waals surface area contributed by atoms with E-state index in [9.17, 15) is 4.79 Å². The minimum atomic E-state index is 0.105. The maximum absolute atomic E-state index is 12.0. The van der Waals surface area contributed by atoms with E-state index in [1.54, 1.807) is 25.0 Å². The number of thioether (sulfide) groups is 1. The number of hydrogen-bond acceptors (Lipinski definition) is 4. The molecule has 0 spiro atoms. The van der Waals surface area contributed by atoms with Crippen LogP contribution in [-0.2, 0) is 5.75 Å². The van der Waals surface area contributed by atoms with E-state index in [1.165, 1.54) is 11.1 Å². The Kier molecular flexibility index (Phi) is 5.49. The first-order valence-corrected chi connectivity index (χ1v) is 9.64. The molecule has 0 fully saturated rings. The van der Waals surface area contributed by atoms with E-state index in [4.69, 9.17) is 11.6 Å². The van der Waals surface area contributed by atoms with Gasteiger partial charge in [0.2, 0.25) is 0 Å². The second-order valence-electron chi connectivity index (χ2n) is 6.30. The fourth-order valence-electron chi connectivity index (χ4n) is 3.25. The smallest absolute Gasteiger partial charge is 0.195 e. The number of carbonyl (C=O) groups excluding carboxylic acids is 1. The van der Waals surface area contributed by atoms with E-state index >= 15 is 0 Å². The third-order valence-electron chi connectivity index (χ3n) is 4.43. The quantitative estimate of drug-likeness (QED) is 0.439. The topological polar surface area (TPSA) is 47.8 Å². The molecule has 0 aliphatic carbocycles. The Labute approximate surface area is 162 Å². The number of Topliss-reactive ketones (excluding diaryl/α,β-unsaturated/α-hetero) is 1. The van der Waals surface area contributed by atoms with Gasteiger partial charge in [-0.25, -0.2) is 0 Å². The van der Waals surface area contributed by atoms with Crippen molar-refractivity contribution in [3.63, 3.8) is 0 Å². The lowest BCUT2D eigenvalue weighted by Gasteiger charge is -2.15. The van der Waals surface area contributed by atoms with Crippen LogP contribution in [0.15, 0.2) is 41.8 Å². The first-order valence-electron chi connectivity index (χ1n) is 8.28. The van der Waals surface area contributed by atoms with Crippen LogP contribution in [0.3, 0.4) is 0 Å². The van der Waals surface area contributed by atoms with Crippen molar-refractivity contribution in [1.82, 2.24) is 14.8 Å². The lowest BCUT2D eigenvalue weighted by molar-refractivity contribution is 0.101. The van der Waals surface area contributed by atoms with Gasteiger partial charge in [0.25, 0.3) is 0 Å². The molecule has 3 rings (SSSR count). The first-order chi connectivity index (χ1) is 12.4. The van der Waals surface area contributed by atoms with E-state index in [1.807, 2.05) is 42.7 Å². The normalized spacial score (nSPS) is 11.0. The fraction of sp³-hybridized carbons (Fsp3) is 0.250. The van der Waals surface area contributed by atoms with Crippen LogP contribution in [0.5, 0.6) is 0 Å². The van der Waals surface area contributed by atoms with E-state index < -0.39 is 0 Å². The van der Waals surface area contributed by atoms with Crippen LogP contribution < -0.4 is 0 Å². The highest BCUT2D eigenvalue weighted by Crippen LogP contribution is 2.30. The Morgan fingerprint density at radius 2 is 1.96 bits per heavy atom. The number of aryl methyl sites for hydroxylation is 2. The average Bonchev–Trinajstić information content (AvgIpc) is 3.02. The number of rotatable bonds is 5. The molecule has 0 amide bonds. The molecule has 1 heterocycles. The van der Waals surface area contributed by atoms with Gasteiger partial charge in [0, 0.05) is 16.3 Å². The maximum Gasteiger partial charge on any atom is 0.195 e. The molecule has 0 aliphatic heterocycles. The van der Waals surface area contributed by atoms with Gasteiger partial charge in [-0.15, -0.1) is 10.2 Å².